The van der Waals surface area contributed by atoms with Crippen LogP contribution in [0, 0.1) is 5.82 Å². The van der Waals surface area contributed by atoms with Gasteiger partial charge in [-0.15, -0.1) is 11.3 Å². The second-order valence-electron chi connectivity index (χ2n) is 5.34. The van der Waals surface area contributed by atoms with E-state index in [1.54, 1.807) is 17.7 Å². The number of nitrogens with one attached hydrogen (secondary N) is 1. The molecule has 2 aromatic rings. The van der Waals surface area contributed by atoms with E-state index >= 15 is 0 Å². The van der Waals surface area contributed by atoms with E-state index in [9.17, 15) is 4.39 Å². The molecule has 0 bridgehead atoms. The molecule has 1 fully saturated rings. The van der Waals surface area contributed by atoms with Crippen molar-refractivity contribution in [2.75, 3.05) is 6.54 Å². The summed E-state index contributed by atoms with van der Waals surface area (Å²) in [4.78, 5) is 2.74. The van der Waals surface area contributed by atoms with E-state index < -0.39 is 0 Å². The number of halogens is 1. The lowest BCUT2D eigenvalue weighted by molar-refractivity contribution is 0.539. The van der Waals surface area contributed by atoms with Crippen molar-refractivity contribution >= 4 is 11.3 Å². The van der Waals surface area contributed by atoms with Gasteiger partial charge in [-0.25, -0.2) is 4.39 Å². The van der Waals surface area contributed by atoms with Gasteiger partial charge in [0, 0.05) is 28.3 Å². The number of rotatable bonds is 1. The Kier molecular flexibility index (Phi) is 2.17. The zero-order chi connectivity index (χ0) is 12.2. The summed E-state index contributed by atoms with van der Waals surface area (Å²) < 4.78 is 13.0. The first-order chi connectivity index (χ1) is 8.77. The summed E-state index contributed by atoms with van der Waals surface area (Å²) >= 11 is 1.85. The van der Waals surface area contributed by atoms with Crippen molar-refractivity contribution in [2.45, 2.75) is 24.8 Å². The van der Waals surface area contributed by atoms with E-state index in [-0.39, 0.29) is 5.82 Å². The maximum absolute atomic E-state index is 13.0. The van der Waals surface area contributed by atoms with Gasteiger partial charge in [0.1, 0.15) is 5.82 Å². The number of thiophene rings is 1. The van der Waals surface area contributed by atoms with E-state index in [1.807, 2.05) is 23.5 Å². The third-order valence-electron chi connectivity index (χ3n) is 4.11. The highest BCUT2D eigenvalue weighted by atomic mass is 32.1. The molecule has 1 aliphatic heterocycles. The zero-order valence-corrected chi connectivity index (χ0v) is 10.8. The summed E-state index contributed by atoms with van der Waals surface area (Å²) in [5, 5.41) is 3.52. The Bertz CT molecular complexity index is 595. The Morgan fingerprint density at radius 1 is 1.17 bits per heavy atom. The first-order valence-corrected chi connectivity index (χ1v) is 7.18. The predicted octanol–water partition coefficient (Wildman–Crippen LogP) is 3.69. The van der Waals surface area contributed by atoms with Crippen LogP contribution in [-0.2, 0) is 12.0 Å². The van der Waals surface area contributed by atoms with Crippen LogP contribution in [0.15, 0.2) is 30.3 Å². The molecule has 0 radical (unpaired) electrons. The minimum atomic E-state index is -0.166. The second-order valence-corrected chi connectivity index (χ2v) is 6.48. The van der Waals surface area contributed by atoms with Gasteiger partial charge in [-0.2, -0.15) is 0 Å². The molecule has 1 aromatic heterocycles. The van der Waals surface area contributed by atoms with Crippen molar-refractivity contribution in [3.05, 3.63) is 46.6 Å². The smallest absolute Gasteiger partial charge is 0.123 e. The van der Waals surface area contributed by atoms with E-state index in [4.69, 9.17) is 0 Å². The number of fused-ring (bicyclic) bond motifs is 2. The molecule has 2 aliphatic rings. The van der Waals surface area contributed by atoms with Gasteiger partial charge in [-0.1, -0.05) is 12.1 Å². The van der Waals surface area contributed by atoms with Crippen molar-refractivity contribution in [1.29, 1.82) is 0 Å². The summed E-state index contributed by atoms with van der Waals surface area (Å²) in [7, 11) is 0. The first-order valence-electron chi connectivity index (χ1n) is 6.37. The highest BCUT2D eigenvalue weighted by Gasteiger charge is 2.47. The molecular weight excluding hydrogens is 245 g/mol. The molecule has 0 unspecified atom stereocenters. The molecular formula is C15H14FNS. The molecule has 3 heteroatoms. The highest BCUT2D eigenvalue weighted by Crippen LogP contribution is 2.53. The summed E-state index contributed by atoms with van der Waals surface area (Å²) in [5.41, 5.74) is 3.11. The van der Waals surface area contributed by atoms with Crippen LogP contribution in [0.2, 0.25) is 0 Å². The molecule has 0 saturated heterocycles. The largest absolute Gasteiger partial charge is 0.311 e. The topological polar surface area (TPSA) is 12.0 Å². The maximum atomic E-state index is 13.0. The fraction of sp³-hybridized carbons (Fsp3) is 0.333. The number of benzene rings is 1. The van der Waals surface area contributed by atoms with Crippen LogP contribution in [0.4, 0.5) is 4.39 Å². The van der Waals surface area contributed by atoms with Crippen molar-refractivity contribution in [2.24, 2.45) is 0 Å². The van der Waals surface area contributed by atoms with Crippen molar-refractivity contribution < 1.29 is 4.39 Å². The molecule has 1 aromatic carbocycles. The lowest BCUT2D eigenvalue weighted by Gasteiger charge is -2.22. The van der Waals surface area contributed by atoms with Gasteiger partial charge in [-0.05, 0) is 42.2 Å². The van der Waals surface area contributed by atoms with E-state index in [1.165, 1.54) is 22.6 Å². The van der Waals surface area contributed by atoms with E-state index in [2.05, 4.69) is 11.4 Å². The molecule has 0 amide bonds. The van der Waals surface area contributed by atoms with Gasteiger partial charge >= 0.3 is 0 Å². The number of hydrogen-bond acceptors (Lipinski definition) is 2. The molecule has 1 aliphatic carbocycles. The van der Waals surface area contributed by atoms with Gasteiger partial charge < -0.3 is 5.32 Å². The molecule has 1 nitrogen and oxygen atoms in total. The summed E-state index contributed by atoms with van der Waals surface area (Å²) in [6.45, 7) is 2.11. The standard InChI is InChI=1S/C15H14FNS/c16-11-3-1-10(2-4-11)13-7-12-14(18-13)8-17-9-15(12)5-6-15/h1-4,7,17H,5-6,8-9H2. The zero-order valence-electron chi connectivity index (χ0n) is 10.0. The van der Waals surface area contributed by atoms with Crippen LogP contribution in [0.3, 0.4) is 0 Å². The second kappa shape index (κ2) is 3.65. The summed E-state index contributed by atoms with van der Waals surface area (Å²) in [5.74, 6) is -0.166. The van der Waals surface area contributed by atoms with Crippen molar-refractivity contribution in [3.63, 3.8) is 0 Å². The number of hydrogen-bond donors (Lipinski definition) is 1. The molecule has 0 atom stereocenters. The van der Waals surface area contributed by atoms with Gasteiger partial charge in [0.25, 0.3) is 0 Å². The van der Waals surface area contributed by atoms with Crippen LogP contribution in [-0.4, -0.2) is 6.54 Å². The molecule has 1 N–H and O–H groups in total. The molecule has 2 heterocycles. The lowest BCUT2D eigenvalue weighted by Crippen LogP contribution is -2.31. The van der Waals surface area contributed by atoms with Crippen molar-refractivity contribution in [1.82, 2.24) is 5.32 Å². The summed E-state index contributed by atoms with van der Waals surface area (Å²) in [6, 6.07) is 9.17. The third-order valence-corrected chi connectivity index (χ3v) is 5.30. The Hall–Kier alpha value is -1.19. The molecule has 92 valence electrons. The van der Waals surface area contributed by atoms with Crippen LogP contribution >= 0.6 is 11.3 Å². The average molecular weight is 259 g/mol. The molecule has 1 spiro atoms. The fourth-order valence-electron chi connectivity index (χ4n) is 2.87. The van der Waals surface area contributed by atoms with Crippen LogP contribution < -0.4 is 5.32 Å². The van der Waals surface area contributed by atoms with Gasteiger partial charge in [-0.3, -0.25) is 0 Å². The lowest BCUT2D eigenvalue weighted by atomic mass is 9.93. The fourth-order valence-corrected chi connectivity index (χ4v) is 4.13. The SMILES string of the molecule is Fc1ccc(-c2cc3c(s2)CNCC32CC2)cc1. The monoisotopic (exact) mass is 259 g/mol. The van der Waals surface area contributed by atoms with Gasteiger partial charge in [0.2, 0.25) is 0 Å². The molecule has 18 heavy (non-hydrogen) atoms. The maximum Gasteiger partial charge on any atom is 0.123 e. The Labute approximate surface area is 110 Å². The Balaban J connectivity index is 1.79. The summed E-state index contributed by atoms with van der Waals surface area (Å²) in [6.07, 6.45) is 2.62. The highest BCUT2D eigenvalue weighted by molar-refractivity contribution is 7.15. The van der Waals surface area contributed by atoms with Gasteiger partial charge in [0.15, 0.2) is 0 Å². The van der Waals surface area contributed by atoms with Gasteiger partial charge in [0.05, 0.1) is 0 Å². The minimum absolute atomic E-state index is 0.166. The third kappa shape index (κ3) is 1.54. The normalized spacial score (nSPS) is 19.8. The quantitative estimate of drug-likeness (QED) is 0.823. The Morgan fingerprint density at radius 2 is 1.94 bits per heavy atom. The Morgan fingerprint density at radius 3 is 2.67 bits per heavy atom. The van der Waals surface area contributed by atoms with Crippen LogP contribution in [0.25, 0.3) is 10.4 Å². The van der Waals surface area contributed by atoms with E-state index in [0.29, 0.717) is 5.41 Å². The first kappa shape index (κ1) is 10.7. The molecule has 4 rings (SSSR count). The molecule has 1 saturated carbocycles. The predicted molar refractivity (Wildman–Crippen MR) is 72.3 cm³/mol. The van der Waals surface area contributed by atoms with Crippen LogP contribution in [0.1, 0.15) is 23.3 Å². The van der Waals surface area contributed by atoms with E-state index in [0.717, 1.165) is 18.7 Å². The average Bonchev–Trinajstić information content (AvgIpc) is 3.00. The van der Waals surface area contributed by atoms with Crippen molar-refractivity contribution in [3.8, 4) is 10.4 Å². The minimum Gasteiger partial charge on any atom is -0.311 e. The van der Waals surface area contributed by atoms with Crippen LogP contribution in [0.5, 0.6) is 0 Å².